The number of allylic oxidation sites excluding steroid dienone is 5. The zero-order chi connectivity index (χ0) is 19.0. The molecule has 2 unspecified atom stereocenters. The molecule has 3 aliphatic rings. The van der Waals surface area contributed by atoms with Gasteiger partial charge in [-0.15, -0.1) is 0 Å². The average molecular weight is 359 g/mol. The van der Waals surface area contributed by atoms with Gasteiger partial charge in [-0.05, 0) is 55.5 Å². The van der Waals surface area contributed by atoms with Crippen LogP contribution in [0.25, 0.3) is 0 Å². The Balaban J connectivity index is 1.55. The summed E-state index contributed by atoms with van der Waals surface area (Å²) in [5.74, 6) is 0. The summed E-state index contributed by atoms with van der Waals surface area (Å²) in [6.45, 7) is 3.87. The van der Waals surface area contributed by atoms with Gasteiger partial charge in [0.25, 0.3) is 0 Å². The summed E-state index contributed by atoms with van der Waals surface area (Å²) in [5.41, 5.74) is 13.0. The molecular weight excluding hydrogens is 334 g/mol. The van der Waals surface area contributed by atoms with Gasteiger partial charge in [-0.25, -0.2) is 0 Å². The zero-order valence-electron chi connectivity index (χ0n) is 15.7. The molecule has 0 fully saturated rings. The number of dihydropyridines is 1. The first-order chi connectivity index (χ1) is 13.0. The first kappa shape index (κ1) is 17.6. The Labute approximate surface area is 160 Å². The van der Waals surface area contributed by atoms with Crippen molar-refractivity contribution in [1.29, 1.82) is 0 Å². The number of rotatable bonds is 4. The number of benzene rings is 1. The number of nitrogens with zero attached hydrogens (tertiary/aromatic N) is 1. The largest absolute Gasteiger partial charge is 0.397 e. The molecule has 0 saturated carbocycles. The van der Waals surface area contributed by atoms with Gasteiger partial charge in [0.05, 0.1) is 23.7 Å². The van der Waals surface area contributed by atoms with E-state index >= 15 is 0 Å². The molecule has 0 saturated heterocycles. The van der Waals surface area contributed by atoms with Crippen molar-refractivity contribution < 1.29 is 5.11 Å². The highest BCUT2D eigenvalue weighted by molar-refractivity contribution is 6.13. The minimum absolute atomic E-state index is 0.429. The van der Waals surface area contributed by atoms with E-state index in [1.807, 2.05) is 12.1 Å². The van der Waals surface area contributed by atoms with Crippen molar-refractivity contribution in [2.45, 2.75) is 38.3 Å². The molecule has 27 heavy (non-hydrogen) atoms. The Kier molecular flexibility index (Phi) is 4.36. The number of nitrogens with two attached hydrogens (primary N) is 1. The highest BCUT2D eigenvalue weighted by Crippen LogP contribution is 2.37. The van der Waals surface area contributed by atoms with Gasteiger partial charge in [0.15, 0.2) is 0 Å². The quantitative estimate of drug-likeness (QED) is 0.769. The molecule has 1 aromatic carbocycles. The number of aliphatic hydroxyl groups is 1. The third kappa shape index (κ3) is 3.06. The summed E-state index contributed by atoms with van der Waals surface area (Å²) in [4.78, 5) is 4.62. The molecule has 2 aliphatic heterocycles. The van der Waals surface area contributed by atoms with Crippen molar-refractivity contribution in [1.82, 2.24) is 5.32 Å². The minimum atomic E-state index is -0.460. The molecule has 0 radical (unpaired) electrons. The fourth-order valence-electron chi connectivity index (χ4n) is 3.92. The average Bonchev–Trinajstić information content (AvgIpc) is 2.66. The minimum Gasteiger partial charge on any atom is -0.397 e. The summed E-state index contributed by atoms with van der Waals surface area (Å²) < 4.78 is 0. The van der Waals surface area contributed by atoms with Gasteiger partial charge in [-0.3, -0.25) is 4.99 Å². The van der Waals surface area contributed by atoms with Gasteiger partial charge < -0.3 is 16.2 Å². The van der Waals surface area contributed by atoms with Crippen LogP contribution in [0.4, 0.5) is 0 Å². The zero-order valence-corrected chi connectivity index (χ0v) is 15.7. The molecule has 4 rings (SSSR count). The van der Waals surface area contributed by atoms with E-state index in [1.165, 1.54) is 11.3 Å². The van der Waals surface area contributed by atoms with Crippen LogP contribution in [-0.4, -0.2) is 16.4 Å². The van der Waals surface area contributed by atoms with Crippen molar-refractivity contribution >= 4 is 5.71 Å². The second kappa shape index (κ2) is 6.71. The third-order valence-corrected chi connectivity index (χ3v) is 5.46. The molecule has 1 spiro atoms. The molecule has 0 aromatic heterocycles. The summed E-state index contributed by atoms with van der Waals surface area (Å²) in [5, 5.41) is 13.4. The molecule has 2 atom stereocenters. The number of aryl methyl sites for hydroxylation is 1. The lowest BCUT2D eigenvalue weighted by atomic mass is 9.74. The number of hydrogen-bond donors (Lipinski definition) is 3. The van der Waals surface area contributed by atoms with Crippen LogP contribution in [0.3, 0.4) is 0 Å². The highest BCUT2D eigenvalue weighted by atomic mass is 16.3. The van der Waals surface area contributed by atoms with E-state index in [4.69, 9.17) is 5.73 Å². The monoisotopic (exact) mass is 359 g/mol. The van der Waals surface area contributed by atoms with E-state index in [2.05, 4.69) is 59.7 Å². The van der Waals surface area contributed by atoms with Crippen LogP contribution < -0.4 is 11.1 Å². The Bertz CT molecular complexity index is 942. The smallest absolute Gasteiger partial charge is 0.126 e. The fourth-order valence-corrected chi connectivity index (χ4v) is 3.92. The maximum Gasteiger partial charge on any atom is 0.126 e. The van der Waals surface area contributed by atoms with E-state index in [1.54, 1.807) is 13.1 Å². The van der Waals surface area contributed by atoms with Crippen LogP contribution in [0, 0.1) is 0 Å². The van der Waals surface area contributed by atoms with Gasteiger partial charge in [0, 0.05) is 11.3 Å². The summed E-state index contributed by atoms with van der Waals surface area (Å²) in [6, 6.07) is 8.17. The van der Waals surface area contributed by atoms with Crippen molar-refractivity contribution in [3.8, 4) is 0 Å². The molecule has 1 aromatic rings. The molecule has 4 heteroatoms. The topological polar surface area (TPSA) is 70.6 Å². The SMILES string of the molecule is CC1=CC=CC23NC(CCc4ccc(C(C)O)cc4)=CC=C2C(N)=CN=C13. The summed E-state index contributed by atoms with van der Waals surface area (Å²) >= 11 is 0. The number of hydrogen-bond acceptors (Lipinski definition) is 4. The van der Waals surface area contributed by atoms with Gasteiger partial charge >= 0.3 is 0 Å². The van der Waals surface area contributed by atoms with Crippen molar-refractivity contribution in [2.75, 3.05) is 0 Å². The van der Waals surface area contributed by atoms with Gasteiger partial charge in [0.2, 0.25) is 0 Å². The normalized spacial score (nSPS) is 24.3. The predicted molar refractivity (Wildman–Crippen MR) is 110 cm³/mol. The summed E-state index contributed by atoms with van der Waals surface area (Å²) in [7, 11) is 0. The van der Waals surface area contributed by atoms with Crippen LogP contribution in [0.2, 0.25) is 0 Å². The molecule has 1 aliphatic carbocycles. The standard InChI is InChI=1S/C23H25N3O/c1-15-4-3-13-23-20(21(24)14-25-22(15)23)12-11-19(26-23)10-7-17-5-8-18(9-6-17)16(2)27/h3-6,8-9,11-14,16,26-27H,7,10,24H2,1-2H3. The van der Waals surface area contributed by atoms with Crippen LogP contribution in [-0.2, 0) is 6.42 Å². The van der Waals surface area contributed by atoms with Gasteiger partial charge in [-0.2, -0.15) is 0 Å². The molecular formula is C23H25N3O. The van der Waals surface area contributed by atoms with Crippen molar-refractivity contribution in [3.05, 3.63) is 94.5 Å². The van der Waals surface area contributed by atoms with E-state index in [9.17, 15) is 5.11 Å². The third-order valence-electron chi connectivity index (χ3n) is 5.46. The first-order valence-corrected chi connectivity index (χ1v) is 9.37. The molecule has 0 bridgehead atoms. The van der Waals surface area contributed by atoms with Crippen LogP contribution in [0.15, 0.2) is 88.4 Å². The fraction of sp³-hybridized carbons (Fsp3) is 0.261. The molecule has 2 heterocycles. The lowest BCUT2D eigenvalue weighted by Crippen LogP contribution is -2.56. The number of nitrogens with one attached hydrogen (secondary N) is 1. The van der Waals surface area contributed by atoms with E-state index < -0.39 is 11.6 Å². The number of aliphatic imine (C=N–C) groups is 1. The second-order valence-electron chi connectivity index (χ2n) is 7.39. The van der Waals surface area contributed by atoms with E-state index in [0.29, 0.717) is 5.70 Å². The van der Waals surface area contributed by atoms with E-state index in [0.717, 1.165) is 35.3 Å². The Morgan fingerprint density at radius 3 is 2.67 bits per heavy atom. The first-order valence-electron chi connectivity index (χ1n) is 9.37. The maximum atomic E-state index is 9.65. The predicted octanol–water partition coefficient (Wildman–Crippen LogP) is 3.60. The number of aliphatic hydroxyl groups excluding tert-OH is 1. The summed E-state index contributed by atoms with van der Waals surface area (Å²) in [6.07, 6.45) is 13.7. The molecule has 4 N–H and O–H groups in total. The Morgan fingerprint density at radius 1 is 1.15 bits per heavy atom. The lowest BCUT2D eigenvalue weighted by Gasteiger charge is -2.42. The van der Waals surface area contributed by atoms with Gasteiger partial charge in [-0.1, -0.05) is 42.5 Å². The molecule has 138 valence electrons. The molecule has 0 amide bonds. The Hall–Kier alpha value is -2.85. The molecule has 4 nitrogen and oxygen atoms in total. The lowest BCUT2D eigenvalue weighted by molar-refractivity contribution is 0.199. The Morgan fingerprint density at radius 2 is 1.93 bits per heavy atom. The van der Waals surface area contributed by atoms with Crippen LogP contribution >= 0.6 is 0 Å². The second-order valence-corrected chi connectivity index (χ2v) is 7.39. The van der Waals surface area contributed by atoms with Crippen molar-refractivity contribution in [2.24, 2.45) is 10.7 Å². The maximum absolute atomic E-state index is 9.65. The van der Waals surface area contributed by atoms with Crippen molar-refractivity contribution in [3.63, 3.8) is 0 Å². The van der Waals surface area contributed by atoms with E-state index in [-0.39, 0.29) is 0 Å². The van der Waals surface area contributed by atoms with Crippen LogP contribution in [0.5, 0.6) is 0 Å². The van der Waals surface area contributed by atoms with Crippen LogP contribution in [0.1, 0.15) is 37.5 Å². The van der Waals surface area contributed by atoms with Gasteiger partial charge in [0.1, 0.15) is 5.54 Å². The highest BCUT2D eigenvalue weighted by Gasteiger charge is 2.43.